The van der Waals surface area contributed by atoms with Crippen molar-refractivity contribution in [3.8, 4) is 5.75 Å². The van der Waals surface area contributed by atoms with Crippen molar-refractivity contribution in [1.82, 2.24) is 0 Å². The summed E-state index contributed by atoms with van der Waals surface area (Å²) in [6.07, 6.45) is 20.5. The molecule has 164 valence electrons. The molecule has 0 saturated carbocycles. The maximum Gasteiger partial charge on any atom is 0.308 e. The quantitative estimate of drug-likeness (QED) is 0.140. The topological polar surface area (TPSA) is 52.6 Å². The molecule has 0 aromatic heterocycles. The molecule has 30 heavy (non-hydrogen) atoms. The molecule has 0 N–H and O–H groups in total. The number of benzene rings is 1. The lowest BCUT2D eigenvalue weighted by molar-refractivity contribution is -0.142. The summed E-state index contributed by atoms with van der Waals surface area (Å²) in [7, 11) is 0. The summed E-state index contributed by atoms with van der Waals surface area (Å²) in [5, 5.41) is 0. The summed E-state index contributed by atoms with van der Waals surface area (Å²) in [6.45, 7) is 6.57. The molecule has 0 saturated heterocycles. The van der Waals surface area contributed by atoms with Gasteiger partial charge in [-0.05, 0) is 50.2 Å². The average molecular weight is 413 g/mol. The number of hydrogen-bond acceptors (Lipinski definition) is 4. The summed E-state index contributed by atoms with van der Waals surface area (Å²) in [4.78, 5) is 22.6. The number of esters is 2. The van der Waals surface area contributed by atoms with E-state index in [1.54, 1.807) is 6.07 Å². The summed E-state index contributed by atoms with van der Waals surface area (Å²) in [5.74, 6) is -0.245. The van der Waals surface area contributed by atoms with Gasteiger partial charge in [-0.25, -0.2) is 0 Å². The minimum absolute atomic E-state index is 0.128. The van der Waals surface area contributed by atoms with E-state index in [9.17, 15) is 9.59 Å². The van der Waals surface area contributed by atoms with Gasteiger partial charge in [0.15, 0.2) is 0 Å². The molecule has 4 heteroatoms. The molecule has 0 amide bonds. The zero-order valence-corrected chi connectivity index (χ0v) is 18.5. The minimum Gasteiger partial charge on any atom is -0.461 e. The van der Waals surface area contributed by atoms with Crippen molar-refractivity contribution >= 4 is 11.9 Å². The highest BCUT2D eigenvalue weighted by Gasteiger charge is 2.12. The Bertz CT molecular complexity index is 716. The predicted molar refractivity (Wildman–Crippen MR) is 122 cm³/mol. The highest BCUT2D eigenvalue weighted by atomic mass is 16.5. The molecule has 0 fully saturated rings. The third-order valence-corrected chi connectivity index (χ3v) is 4.63. The fraction of sp³-hybridized carbons (Fsp3) is 0.462. The standard InChI is InChI=1S/C26H36O4/c1-4-5-6-7-8-9-10-11-12-13-14-15-16-18-24-19-17-20-26(30-23(3)28)25(24)21-29-22(2)27/h4,6-7,9-10,17,19-20H,1,5,8,11-16,18,21H2,2-3H3/b7-6-,10-9-. The molecule has 0 spiro atoms. The Morgan fingerprint density at radius 3 is 2.33 bits per heavy atom. The first-order valence-corrected chi connectivity index (χ1v) is 10.9. The monoisotopic (exact) mass is 412 g/mol. The zero-order valence-electron chi connectivity index (χ0n) is 18.5. The van der Waals surface area contributed by atoms with Gasteiger partial charge in [-0.1, -0.05) is 61.8 Å². The van der Waals surface area contributed by atoms with Crippen molar-refractivity contribution in [1.29, 1.82) is 0 Å². The van der Waals surface area contributed by atoms with E-state index in [2.05, 4.69) is 30.9 Å². The normalized spacial score (nSPS) is 11.1. The minimum atomic E-state index is -0.377. The molecule has 0 heterocycles. The van der Waals surface area contributed by atoms with Gasteiger partial charge < -0.3 is 9.47 Å². The number of hydrogen-bond donors (Lipinski definition) is 0. The van der Waals surface area contributed by atoms with Crippen LogP contribution in [0.5, 0.6) is 5.75 Å². The lowest BCUT2D eigenvalue weighted by atomic mass is 10.00. The Hall–Kier alpha value is -2.62. The second-order valence-electron chi connectivity index (χ2n) is 7.28. The Kier molecular flexibility index (Phi) is 13.7. The summed E-state index contributed by atoms with van der Waals surface area (Å²) >= 11 is 0. The highest BCUT2D eigenvalue weighted by Crippen LogP contribution is 2.25. The van der Waals surface area contributed by atoms with Gasteiger partial charge in [0.1, 0.15) is 12.4 Å². The lowest BCUT2D eigenvalue weighted by Crippen LogP contribution is -2.08. The number of aryl methyl sites for hydroxylation is 1. The van der Waals surface area contributed by atoms with Crippen molar-refractivity contribution in [3.63, 3.8) is 0 Å². The molecular weight excluding hydrogens is 376 g/mol. The van der Waals surface area contributed by atoms with Gasteiger partial charge in [0, 0.05) is 19.4 Å². The van der Waals surface area contributed by atoms with E-state index in [4.69, 9.17) is 9.47 Å². The van der Waals surface area contributed by atoms with E-state index in [1.165, 1.54) is 33.1 Å². The van der Waals surface area contributed by atoms with E-state index in [0.717, 1.165) is 49.7 Å². The van der Waals surface area contributed by atoms with Crippen LogP contribution in [0.25, 0.3) is 0 Å². The number of allylic oxidation sites excluding steroid dienone is 5. The van der Waals surface area contributed by atoms with E-state index < -0.39 is 0 Å². The zero-order chi connectivity index (χ0) is 22.0. The highest BCUT2D eigenvalue weighted by molar-refractivity contribution is 5.70. The molecule has 4 nitrogen and oxygen atoms in total. The number of carbonyl (C=O) groups is 2. The van der Waals surface area contributed by atoms with E-state index in [0.29, 0.717) is 5.75 Å². The molecule has 0 aliphatic carbocycles. The van der Waals surface area contributed by atoms with E-state index >= 15 is 0 Å². The lowest BCUT2D eigenvalue weighted by Gasteiger charge is -2.14. The largest absolute Gasteiger partial charge is 0.461 e. The van der Waals surface area contributed by atoms with Crippen LogP contribution in [0.2, 0.25) is 0 Å². The van der Waals surface area contributed by atoms with Crippen molar-refractivity contribution in [2.24, 2.45) is 0 Å². The maximum absolute atomic E-state index is 11.4. The van der Waals surface area contributed by atoms with Crippen LogP contribution in [0.3, 0.4) is 0 Å². The number of rotatable bonds is 15. The molecular formula is C26H36O4. The van der Waals surface area contributed by atoms with Crippen LogP contribution in [0.1, 0.15) is 76.3 Å². The van der Waals surface area contributed by atoms with Crippen molar-refractivity contribution in [2.45, 2.75) is 78.2 Å². The second-order valence-corrected chi connectivity index (χ2v) is 7.28. The van der Waals surface area contributed by atoms with Crippen LogP contribution in [0.4, 0.5) is 0 Å². The smallest absolute Gasteiger partial charge is 0.308 e. The van der Waals surface area contributed by atoms with E-state index in [-0.39, 0.29) is 18.5 Å². The molecule has 0 aliphatic heterocycles. The van der Waals surface area contributed by atoms with Crippen molar-refractivity contribution in [3.05, 3.63) is 66.3 Å². The Morgan fingerprint density at radius 1 is 0.900 bits per heavy atom. The van der Waals surface area contributed by atoms with Gasteiger partial charge >= 0.3 is 11.9 Å². The third-order valence-electron chi connectivity index (χ3n) is 4.63. The van der Waals surface area contributed by atoms with Gasteiger partial charge in [0.2, 0.25) is 0 Å². The van der Waals surface area contributed by atoms with Crippen LogP contribution < -0.4 is 4.74 Å². The fourth-order valence-electron chi connectivity index (χ4n) is 3.12. The van der Waals surface area contributed by atoms with Crippen molar-refractivity contribution in [2.75, 3.05) is 0 Å². The van der Waals surface area contributed by atoms with Gasteiger partial charge in [-0.3, -0.25) is 9.59 Å². The number of unbranched alkanes of at least 4 members (excludes halogenated alkanes) is 5. The Balaban J connectivity index is 2.34. The predicted octanol–water partition coefficient (Wildman–Crippen LogP) is 6.64. The molecule has 1 aromatic rings. The Morgan fingerprint density at radius 2 is 1.60 bits per heavy atom. The van der Waals surface area contributed by atoms with Crippen LogP contribution in [-0.2, 0) is 27.4 Å². The molecule has 1 rings (SSSR count). The van der Waals surface area contributed by atoms with Gasteiger partial charge in [-0.15, -0.1) is 6.58 Å². The SMILES string of the molecule is C=CC/C=C\C/C=C\CCCCCCCc1cccc(OC(C)=O)c1COC(C)=O. The van der Waals surface area contributed by atoms with Gasteiger partial charge in [-0.2, -0.15) is 0 Å². The first-order chi connectivity index (χ1) is 14.5. The summed E-state index contributed by atoms with van der Waals surface area (Å²) in [5.41, 5.74) is 1.86. The number of ether oxygens (including phenoxy) is 2. The van der Waals surface area contributed by atoms with Crippen LogP contribution in [-0.4, -0.2) is 11.9 Å². The fourth-order valence-corrected chi connectivity index (χ4v) is 3.12. The molecule has 0 bridgehead atoms. The van der Waals surface area contributed by atoms with Crippen LogP contribution >= 0.6 is 0 Å². The summed E-state index contributed by atoms with van der Waals surface area (Å²) < 4.78 is 10.5. The van der Waals surface area contributed by atoms with Crippen LogP contribution in [0, 0.1) is 0 Å². The Labute approximate surface area is 181 Å². The molecule has 0 atom stereocenters. The first-order valence-electron chi connectivity index (χ1n) is 10.9. The van der Waals surface area contributed by atoms with Crippen LogP contribution in [0.15, 0.2) is 55.2 Å². The molecule has 0 aliphatic rings. The maximum atomic E-state index is 11.4. The van der Waals surface area contributed by atoms with Crippen molar-refractivity contribution < 1.29 is 19.1 Å². The number of carbonyl (C=O) groups excluding carboxylic acids is 2. The third kappa shape index (κ3) is 12.1. The van der Waals surface area contributed by atoms with Gasteiger partial charge in [0.25, 0.3) is 0 Å². The molecule has 1 aromatic carbocycles. The first kappa shape index (κ1) is 25.4. The molecule has 0 unspecified atom stereocenters. The van der Waals surface area contributed by atoms with Gasteiger partial charge in [0.05, 0.1) is 0 Å². The molecule has 0 radical (unpaired) electrons. The van der Waals surface area contributed by atoms with E-state index in [1.807, 2.05) is 18.2 Å². The average Bonchev–Trinajstić information content (AvgIpc) is 2.70. The second kappa shape index (κ2) is 16.2. The summed E-state index contributed by atoms with van der Waals surface area (Å²) in [6, 6.07) is 5.64.